The largest absolute Gasteiger partial charge is 0.497 e. The van der Waals surface area contributed by atoms with E-state index in [9.17, 15) is 4.79 Å². The summed E-state index contributed by atoms with van der Waals surface area (Å²) in [6.45, 7) is 8.04. The van der Waals surface area contributed by atoms with Crippen LogP contribution in [0.25, 0.3) is 10.5 Å². The van der Waals surface area contributed by atoms with Gasteiger partial charge in [0.15, 0.2) is 0 Å². The van der Waals surface area contributed by atoms with Crippen LogP contribution in [0.4, 0.5) is 11.5 Å². The van der Waals surface area contributed by atoms with Crippen LogP contribution in [0.1, 0.15) is 34.5 Å². The molecule has 1 aliphatic heterocycles. The van der Waals surface area contributed by atoms with Gasteiger partial charge >= 0.3 is 0 Å². The summed E-state index contributed by atoms with van der Waals surface area (Å²) in [5.41, 5.74) is 4.11. The number of nitrogens with zero attached hydrogens (tertiary/aromatic N) is 4. The van der Waals surface area contributed by atoms with Crippen LogP contribution in [0.5, 0.6) is 5.75 Å². The van der Waals surface area contributed by atoms with Crippen molar-refractivity contribution >= 4 is 17.4 Å². The van der Waals surface area contributed by atoms with Crippen LogP contribution in [0.15, 0.2) is 48.5 Å². The summed E-state index contributed by atoms with van der Waals surface area (Å²) in [5.74, 6) is 0.874. The van der Waals surface area contributed by atoms with Gasteiger partial charge in [-0.25, -0.2) is 0 Å². The van der Waals surface area contributed by atoms with Crippen molar-refractivity contribution in [2.45, 2.75) is 24.8 Å². The second kappa shape index (κ2) is 7.25. The van der Waals surface area contributed by atoms with Crippen LogP contribution in [-0.2, 0) is 12.0 Å². The van der Waals surface area contributed by atoms with E-state index in [2.05, 4.69) is 27.4 Å². The minimum absolute atomic E-state index is 0.0924. The Labute approximate surface area is 181 Å². The van der Waals surface area contributed by atoms with Gasteiger partial charge in [0.25, 0.3) is 11.7 Å². The van der Waals surface area contributed by atoms with Gasteiger partial charge in [-0.1, -0.05) is 18.7 Å². The molecule has 1 fully saturated rings. The number of hydrogen-bond donors (Lipinski definition) is 1. The Morgan fingerprint density at radius 3 is 2.35 bits per heavy atom. The summed E-state index contributed by atoms with van der Waals surface area (Å²) in [6.07, 6.45) is 2.86. The number of carbonyl (C=O) groups is 1. The number of anilines is 1. The fourth-order valence-corrected chi connectivity index (χ4v) is 4.36. The zero-order valence-electron chi connectivity index (χ0n) is 17.6. The molecular weight excluding hydrogens is 390 g/mol. The summed E-state index contributed by atoms with van der Waals surface area (Å²) >= 11 is 0. The summed E-state index contributed by atoms with van der Waals surface area (Å²) < 4.78 is 6.82. The number of methoxy groups -OCH3 is 1. The van der Waals surface area contributed by atoms with Crippen molar-refractivity contribution in [2.24, 2.45) is 0 Å². The lowest BCUT2D eigenvalue weighted by atomic mass is 10.0. The maximum Gasteiger partial charge on any atom is 0.300 e. The van der Waals surface area contributed by atoms with Crippen molar-refractivity contribution in [2.75, 3.05) is 25.6 Å². The number of amides is 1. The molecule has 2 heterocycles. The molecular formula is C24H23N5O2. The van der Waals surface area contributed by atoms with Gasteiger partial charge in [-0.2, -0.15) is 4.68 Å². The fraction of sp³-hybridized carbons (Fsp3) is 0.292. The molecule has 1 saturated carbocycles. The minimum atomic E-state index is -0.137. The van der Waals surface area contributed by atoms with Gasteiger partial charge in [0.05, 0.1) is 12.8 Å². The molecule has 0 atom stereocenters. The van der Waals surface area contributed by atoms with Gasteiger partial charge in [0.1, 0.15) is 11.4 Å². The molecule has 156 valence electrons. The maximum atomic E-state index is 13.5. The van der Waals surface area contributed by atoms with Crippen LogP contribution in [0.3, 0.4) is 0 Å². The number of nitrogens with one attached hydrogen (secondary N) is 1. The standard InChI is InChI=1S/C24H23N5O2/c1-25-22-20-12-15-28(17-6-4-16(5-7-17)24(26-2)13-14-24)23(30)21(20)29(27-22)18-8-10-19(31-3)11-9-18/h4-11,26H,12-15H2,2-3H3. The molecule has 1 N–H and O–H groups in total. The van der Waals surface area contributed by atoms with E-state index in [0.717, 1.165) is 35.5 Å². The van der Waals surface area contributed by atoms with Crippen LogP contribution < -0.4 is 15.0 Å². The number of aromatic nitrogens is 2. The van der Waals surface area contributed by atoms with Crippen LogP contribution in [0, 0.1) is 6.57 Å². The van der Waals surface area contributed by atoms with Crippen molar-refractivity contribution in [3.05, 3.63) is 76.8 Å². The molecule has 31 heavy (non-hydrogen) atoms. The Hall–Kier alpha value is -3.63. The minimum Gasteiger partial charge on any atom is -0.497 e. The highest BCUT2D eigenvalue weighted by atomic mass is 16.5. The molecule has 5 rings (SSSR count). The van der Waals surface area contributed by atoms with Gasteiger partial charge in [-0.3, -0.25) is 4.79 Å². The number of rotatable bonds is 5. The van der Waals surface area contributed by atoms with Gasteiger partial charge < -0.3 is 19.8 Å². The van der Waals surface area contributed by atoms with Gasteiger partial charge in [-0.15, -0.1) is 0 Å². The zero-order valence-corrected chi connectivity index (χ0v) is 17.6. The molecule has 3 aromatic rings. The topological polar surface area (TPSA) is 63.8 Å². The SMILES string of the molecule is [C-]#[N+]c1nn(-c2ccc(OC)cc2)c2c1CCN(c1ccc(C3(NC)CC3)cc1)C2=O. The Morgan fingerprint density at radius 1 is 1.10 bits per heavy atom. The summed E-state index contributed by atoms with van der Waals surface area (Å²) in [6, 6.07) is 15.6. The van der Waals surface area contributed by atoms with Crippen LogP contribution >= 0.6 is 0 Å². The average molecular weight is 413 g/mol. The van der Waals surface area contributed by atoms with Crippen LogP contribution in [-0.4, -0.2) is 36.4 Å². The van der Waals surface area contributed by atoms with Gasteiger partial charge in [0, 0.05) is 23.3 Å². The van der Waals surface area contributed by atoms with E-state index in [1.807, 2.05) is 43.4 Å². The Bertz CT molecular complexity index is 1180. The third-order valence-electron chi connectivity index (χ3n) is 6.38. The molecule has 1 aliphatic carbocycles. The van der Waals surface area contributed by atoms with E-state index in [1.165, 1.54) is 5.56 Å². The van der Waals surface area contributed by atoms with Crippen LogP contribution in [0.2, 0.25) is 0 Å². The van der Waals surface area contributed by atoms with E-state index < -0.39 is 0 Å². The summed E-state index contributed by atoms with van der Waals surface area (Å²) in [5, 5.41) is 7.85. The Kier molecular flexibility index (Phi) is 4.53. The number of carbonyl (C=O) groups excluding carboxylic acids is 1. The van der Waals surface area contributed by atoms with Crippen molar-refractivity contribution in [3.63, 3.8) is 0 Å². The smallest absolute Gasteiger partial charge is 0.300 e. The van der Waals surface area contributed by atoms with Crippen molar-refractivity contribution < 1.29 is 9.53 Å². The summed E-state index contributed by atoms with van der Waals surface area (Å²) in [4.78, 5) is 18.9. The first-order valence-electron chi connectivity index (χ1n) is 10.4. The van der Waals surface area contributed by atoms with E-state index in [-0.39, 0.29) is 11.4 Å². The van der Waals surface area contributed by atoms with Crippen molar-refractivity contribution in [1.82, 2.24) is 15.1 Å². The first-order chi connectivity index (χ1) is 15.1. The molecule has 0 radical (unpaired) electrons. The average Bonchev–Trinajstić information content (AvgIpc) is 3.53. The monoisotopic (exact) mass is 413 g/mol. The second-order valence-electron chi connectivity index (χ2n) is 7.96. The molecule has 7 heteroatoms. The first kappa shape index (κ1) is 19.3. The van der Waals surface area contributed by atoms with E-state index >= 15 is 0 Å². The highest BCUT2D eigenvalue weighted by Gasteiger charge is 2.42. The lowest BCUT2D eigenvalue weighted by Crippen LogP contribution is -2.38. The molecule has 0 bridgehead atoms. The molecule has 2 aliphatic rings. The van der Waals surface area contributed by atoms with Crippen molar-refractivity contribution in [3.8, 4) is 11.4 Å². The predicted octanol–water partition coefficient (Wildman–Crippen LogP) is 3.84. The van der Waals surface area contributed by atoms with Gasteiger partial charge in [-0.05, 0) is 73.4 Å². The highest BCUT2D eigenvalue weighted by molar-refractivity contribution is 6.08. The first-order valence-corrected chi connectivity index (χ1v) is 10.4. The second-order valence-corrected chi connectivity index (χ2v) is 7.96. The number of benzene rings is 2. The lowest BCUT2D eigenvalue weighted by Gasteiger charge is -2.28. The lowest BCUT2D eigenvalue weighted by molar-refractivity contribution is 0.0973. The summed E-state index contributed by atoms with van der Waals surface area (Å²) in [7, 11) is 3.60. The molecule has 2 aromatic carbocycles. The number of hydrogen-bond acceptors (Lipinski definition) is 4. The Balaban J connectivity index is 1.51. The van der Waals surface area contributed by atoms with E-state index in [4.69, 9.17) is 11.3 Å². The molecule has 0 unspecified atom stereocenters. The quantitative estimate of drug-likeness (QED) is 0.646. The number of fused-ring (bicyclic) bond motifs is 1. The Morgan fingerprint density at radius 2 is 1.77 bits per heavy atom. The normalized spacial score (nSPS) is 16.5. The molecule has 7 nitrogen and oxygen atoms in total. The van der Waals surface area contributed by atoms with E-state index in [1.54, 1.807) is 16.7 Å². The zero-order chi connectivity index (χ0) is 21.6. The molecule has 1 aromatic heterocycles. The fourth-order valence-electron chi connectivity index (χ4n) is 4.36. The van der Waals surface area contributed by atoms with Gasteiger partial charge in [0.2, 0.25) is 0 Å². The third-order valence-corrected chi connectivity index (χ3v) is 6.38. The predicted molar refractivity (Wildman–Crippen MR) is 118 cm³/mol. The van der Waals surface area contributed by atoms with Crippen molar-refractivity contribution in [1.29, 1.82) is 0 Å². The number of ether oxygens (including phenoxy) is 1. The molecule has 0 saturated heterocycles. The molecule has 1 amide bonds. The third kappa shape index (κ3) is 3.07. The molecule has 0 spiro atoms. The maximum absolute atomic E-state index is 13.5. The van der Waals surface area contributed by atoms with E-state index in [0.29, 0.717) is 24.5 Å². The highest BCUT2D eigenvalue weighted by Crippen LogP contribution is 2.45.